The highest BCUT2D eigenvalue weighted by atomic mass is 16.1. The van der Waals surface area contributed by atoms with Crippen molar-refractivity contribution >= 4 is 38.7 Å². The van der Waals surface area contributed by atoms with E-state index < -0.39 is 0 Å². The fourth-order valence-electron chi connectivity index (χ4n) is 6.10. The molecule has 6 rings (SSSR count). The number of hydrogen-bond donors (Lipinski definition) is 2. The third-order valence-electron chi connectivity index (χ3n) is 7.87. The van der Waals surface area contributed by atoms with Crippen LogP contribution in [0.3, 0.4) is 0 Å². The number of ketones is 1. The molecule has 184 valence electrons. The van der Waals surface area contributed by atoms with Crippen molar-refractivity contribution in [3.8, 4) is 0 Å². The number of rotatable bonds is 4. The molecule has 0 bridgehead atoms. The molecule has 0 radical (unpaired) electrons. The van der Waals surface area contributed by atoms with Gasteiger partial charge >= 0.3 is 0 Å². The Bertz CT molecular complexity index is 1320. The van der Waals surface area contributed by atoms with E-state index in [0.29, 0.717) is 13.1 Å². The molecule has 2 unspecified atom stereocenters. The molecule has 2 saturated heterocycles. The smallest absolute Gasteiger partial charge is 0.170 e. The minimum absolute atomic E-state index is 0.191. The van der Waals surface area contributed by atoms with Crippen LogP contribution in [-0.4, -0.2) is 57.1 Å². The van der Waals surface area contributed by atoms with E-state index in [1.165, 1.54) is 44.0 Å². The number of anilines is 2. The van der Waals surface area contributed by atoms with Crippen molar-refractivity contribution in [3.63, 3.8) is 0 Å². The van der Waals surface area contributed by atoms with Crippen molar-refractivity contribution in [2.75, 3.05) is 49.1 Å². The minimum atomic E-state index is -0.191. The summed E-state index contributed by atoms with van der Waals surface area (Å²) in [6, 6.07) is 25.5. The lowest BCUT2D eigenvalue weighted by Crippen LogP contribution is -2.62. The highest BCUT2D eigenvalue weighted by Gasteiger charge is 2.34. The van der Waals surface area contributed by atoms with Gasteiger partial charge in [-0.3, -0.25) is 4.79 Å². The summed E-state index contributed by atoms with van der Waals surface area (Å²) >= 11 is 0. The second-order valence-electron chi connectivity index (χ2n) is 10.2. The molecule has 2 N–H and O–H groups in total. The van der Waals surface area contributed by atoms with Crippen molar-refractivity contribution in [1.82, 2.24) is 10.6 Å². The molecule has 5 nitrogen and oxygen atoms in total. The molecule has 5 heteroatoms. The number of Topliss-reactive ketones (excluding diaryl/α,β-unsaturated/α-hetero) is 1. The molecular weight excluding hydrogens is 444 g/mol. The van der Waals surface area contributed by atoms with Gasteiger partial charge in [0.05, 0.1) is 12.1 Å². The van der Waals surface area contributed by atoms with E-state index in [4.69, 9.17) is 0 Å². The Morgan fingerprint density at radius 3 is 1.58 bits per heavy atom. The Balaban J connectivity index is 1.24. The number of benzene rings is 4. The number of carbonyl (C=O) groups is 1. The van der Waals surface area contributed by atoms with Crippen molar-refractivity contribution in [2.24, 2.45) is 0 Å². The summed E-state index contributed by atoms with van der Waals surface area (Å²) in [5.41, 5.74) is 5.04. The Hall–Kier alpha value is -3.41. The zero-order chi connectivity index (χ0) is 24.6. The molecule has 0 spiro atoms. The van der Waals surface area contributed by atoms with Crippen LogP contribution in [0, 0.1) is 13.8 Å². The number of nitrogens with one attached hydrogen (secondary N) is 2. The molecule has 2 atom stereocenters. The first-order valence-corrected chi connectivity index (χ1v) is 13.1. The topological polar surface area (TPSA) is 47.6 Å². The number of carbonyl (C=O) groups excluding carboxylic acids is 1. The molecule has 4 aromatic rings. The highest BCUT2D eigenvalue weighted by molar-refractivity contribution is 5.98. The van der Waals surface area contributed by atoms with E-state index in [1.54, 1.807) is 0 Å². The van der Waals surface area contributed by atoms with E-state index in [9.17, 15) is 4.79 Å². The normalized spacial score (nSPS) is 20.7. The van der Waals surface area contributed by atoms with Gasteiger partial charge in [0.2, 0.25) is 0 Å². The van der Waals surface area contributed by atoms with E-state index in [1.807, 2.05) is 0 Å². The molecule has 2 aliphatic heterocycles. The second-order valence-corrected chi connectivity index (χ2v) is 10.2. The van der Waals surface area contributed by atoms with E-state index >= 15 is 0 Å². The van der Waals surface area contributed by atoms with Crippen LogP contribution < -0.4 is 20.4 Å². The van der Waals surface area contributed by atoms with Crippen molar-refractivity contribution in [2.45, 2.75) is 25.9 Å². The Labute approximate surface area is 213 Å². The molecule has 2 heterocycles. The lowest BCUT2D eigenvalue weighted by atomic mass is 9.97. The highest BCUT2D eigenvalue weighted by Crippen LogP contribution is 2.33. The van der Waals surface area contributed by atoms with Gasteiger partial charge in [0.15, 0.2) is 5.78 Å². The number of piperazine rings is 2. The average Bonchev–Trinajstić information content (AvgIpc) is 2.92. The van der Waals surface area contributed by atoms with Gasteiger partial charge in [0, 0.05) is 61.4 Å². The van der Waals surface area contributed by atoms with Crippen LogP contribution in [0.4, 0.5) is 11.4 Å². The molecule has 0 saturated carbocycles. The Morgan fingerprint density at radius 1 is 0.667 bits per heavy atom. The molecule has 4 aromatic carbocycles. The van der Waals surface area contributed by atoms with Gasteiger partial charge in [-0.25, -0.2) is 0 Å². The van der Waals surface area contributed by atoms with Gasteiger partial charge < -0.3 is 20.4 Å². The Morgan fingerprint density at radius 2 is 1.11 bits per heavy atom. The lowest BCUT2D eigenvalue weighted by molar-refractivity contribution is -0.123. The number of nitrogens with zero attached hydrogens (tertiary/aromatic N) is 2. The summed E-state index contributed by atoms with van der Waals surface area (Å²) in [6.07, 6.45) is 0. The molecule has 0 aromatic heterocycles. The fourth-order valence-corrected chi connectivity index (χ4v) is 6.10. The molecular formula is C31H34N4O. The monoisotopic (exact) mass is 478 g/mol. The number of fused-ring (bicyclic) bond motifs is 2. The SMILES string of the molecule is Cc1ccc2ccccc2c1N1CCNC(C(=O)C2CN(c3c(C)ccc4ccccc34)CCN2)C1. The average molecular weight is 479 g/mol. The number of aryl methyl sites for hydroxylation is 2. The maximum Gasteiger partial charge on any atom is 0.170 e. The maximum atomic E-state index is 13.8. The van der Waals surface area contributed by atoms with Gasteiger partial charge in [-0.15, -0.1) is 0 Å². The number of hydrogen-bond acceptors (Lipinski definition) is 5. The van der Waals surface area contributed by atoms with Crippen molar-refractivity contribution in [3.05, 3.63) is 83.9 Å². The van der Waals surface area contributed by atoms with Gasteiger partial charge in [0.1, 0.15) is 0 Å². The molecule has 36 heavy (non-hydrogen) atoms. The van der Waals surface area contributed by atoms with Crippen LogP contribution in [0.25, 0.3) is 21.5 Å². The summed E-state index contributed by atoms with van der Waals surface area (Å²) < 4.78 is 0. The largest absolute Gasteiger partial charge is 0.368 e. The Kier molecular flexibility index (Phi) is 6.12. The summed E-state index contributed by atoms with van der Waals surface area (Å²) in [7, 11) is 0. The molecule has 2 fully saturated rings. The summed E-state index contributed by atoms with van der Waals surface area (Å²) in [4.78, 5) is 18.6. The van der Waals surface area contributed by atoms with Crippen LogP contribution in [0.2, 0.25) is 0 Å². The summed E-state index contributed by atoms with van der Waals surface area (Å²) in [6.45, 7) is 9.14. The van der Waals surface area contributed by atoms with Gasteiger partial charge in [-0.2, -0.15) is 0 Å². The van der Waals surface area contributed by atoms with Crippen LogP contribution in [0.15, 0.2) is 72.8 Å². The first kappa shape index (κ1) is 23.0. The fraction of sp³-hybridized carbons (Fsp3) is 0.323. The summed E-state index contributed by atoms with van der Waals surface area (Å²) in [5, 5.41) is 12.1. The van der Waals surface area contributed by atoms with Crippen molar-refractivity contribution < 1.29 is 4.79 Å². The van der Waals surface area contributed by atoms with Gasteiger partial charge in [0.25, 0.3) is 0 Å². The standard InChI is InChI=1S/C31H34N4O/c1-21-11-13-23-7-3-5-9-25(23)29(21)34-17-15-32-27(19-34)31(36)28-20-35(18-16-33-28)30-22(2)12-14-24-8-4-6-10-26(24)30/h3-14,27-28,32-33H,15-20H2,1-2H3. The first-order chi connectivity index (χ1) is 17.6. The molecule has 0 amide bonds. The van der Waals surface area contributed by atoms with E-state index in [2.05, 4.69) is 107 Å². The van der Waals surface area contributed by atoms with Crippen LogP contribution in [0.1, 0.15) is 11.1 Å². The van der Waals surface area contributed by atoms with Crippen molar-refractivity contribution in [1.29, 1.82) is 0 Å². The molecule has 2 aliphatic rings. The second kappa shape index (κ2) is 9.57. The zero-order valence-electron chi connectivity index (χ0n) is 21.1. The van der Waals surface area contributed by atoms with Gasteiger partial charge in [-0.1, -0.05) is 72.8 Å². The quantitative estimate of drug-likeness (QED) is 0.454. The van der Waals surface area contributed by atoms with Gasteiger partial charge in [-0.05, 0) is 35.7 Å². The third kappa shape index (κ3) is 4.12. The zero-order valence-corrected chi connectivity index (χ0v) is 21.1. The van der Waals surface area contributed by atoms with Crippen LogP contribution >= 0.6 is 0 Å². The van der Waals surface area contributed by atoms with E-state index in [0.717, 1.165) is 26.2 Å². The van der Waals surface area contributed by atoms with E-state index in [-0.39, 0.29) is 17.9 Å². The predicted octanol–water partition coefficient (Wildman–Crippen LogP) is 4.44. The maximum absolute atomic E-state index is 13.8. The third-order valence-corrected chi connectivity index (χ3v) is 7.87. The summed E-state index contributed by atoms with van der Waals surface area (Å²) in [5.74, 6) is 0.264. The first-order valence-electron chi connectivity index (χ1n) is 13.1. The van der Waals surface area contributed by atoms with Crippen LogP contribution in [-0.2, 0) is 4.79 Å². The lowest BCUT2D eigenvalue weighted by Gasteiger charge is -2.40. The molecule has 0 aliphatic carbocycles. The predicted molar refractivity (Wildman–Crippen MR) is 150 cm³/mol. The minimum Gasteiger partial charge on any atom is -0.368 e. The van der Waals surface area contributed by atoms with Crippen LogP contribution in [0.5, 0.6) is 0 Å².